The molecule has 0 radical (unpaired) electrons. The van der Waals surface area contributed by atoms with Gasteiger partial charge in [-0.1, -0.05) is 18.2 Å². The molecule has 0 spiro atoms. The summed E-state index contributed by atoms with van der Waals surface area (Å²) in [6.07, 6.45) is 6.57. The van der Waals surface area contributed by atoms with Crippen molar-refractivity contribution in [3.05, 3.63) is 54.5 Å². The monoisotopic (exact) mass is 289 g/mol. The summed E-state index contributed by atoms with van der Waals surface area (Å²) in [6, 6.07) is 12.5. The van der Waals surface area contributed by atoms with Crippen molar-refractivity contribution in [3.8, 4) is 6.07 Å². The molecule has 3 aromatic rings. The summed E-state index contributed by atoms with van der Waals surface area (Å²) in [6.45, 7) is 1.77. The van der Waals surface area contributed by atoms with E-state index >= 15 is 0 Å². The number of hydrogen-bond acceptors (Lipinski definition) is 4. The number of nitriles is 1. The molecule has 1 fully saturated rings. The second-order valence-corrected chi connectivity index (χ2v) is 5.56. The molecule has 1 aliphatic heterocycles. The Morgan fingerprint density at radius 1 is 1.23 bits per heavy atom. The van der Waals surface area contributed by atoms with E-state index in [0.29, 0.717) is 11.6 Å². The van der Waals surface area contributed by atoms with E-state index in [1.807, 2.05) is 18.2 Å². The molecule has 22 heavy (non-hydrogen) atoms. The third kappa shape index (κ3) is 2.09. The van der Waals surface area contributed by atoms with Crippen molar-refractivity contribution < 1.29 is 0 Å². The minimum Gasteiger partial charge on any atom is -0.367 e. The highest BCUT2D eigenvalue weighted by molar-refractivity contribution is 5.77. The van der Waals surface area contributed by atoms with Crippen LogP contribution in [0.25, 0.3) is 10.9 Å². The van der Waals surface area contributed by atoms with Crippen LogP contribution in [0.5, 0.6) is 0 Å². The molecular formula is C17H15N5. The number of anilines is 1. The fourth-order valence-corrected chi connectivity index (χ4v) is 3.08. The van der Waals surface area contributed by atoms with Crippen LogP contribution in [0, 0.1) is 11.3 Å². The van der Waals surface area contributed by atoms with E-state index in [0.717, 1.165) is 30.7 Å². The van der Waals surface area contributed by atoms with E-state index in [2.05, 4.69) is 38.0 Å². The summed E-state index contributed by atoms with van der Waals surface area (Å²) in [5.74, 6) is 0. The molecular weight excluding hydrogens is 274 g/mol. The molecule has 108 valence electrons. The summed E-state index contributed by atoms with van der Waals surface area (Å²) in [5.41, 5.74) is 2.63. The Kier molecular flexibility index (Phi) is 3.01. The first-order valence-corrected chi connectivity index (χ1v) is 7.38. The lowest BCUT2D eigenvalue weighted by molar-refractivity contribution is 0.499. The van der Waals surface area contributed by atoms with Crippen LogP contribution in [0.1, 0.15) is 18.0 Å². The summed E-state index contributed by atoms with van der Waals surface area (Å²) < 4.78 is 2.06. The van der Waals surface area contributed by atoms with Gasteiger partial charge in [0, 0.05) is 30.9 Å². The normalized spacial score (nSPS) is 17.8. The number of aromatic nitrogens is 3. The van der Waals surface area contributed by atoms with Crippen molar-refractivity contribution in [2.24, 2.45) is 0 Å². The zero-order chi connectivity index (χ0) is 14.9. The van der Waals surface area contributed by atoms with Gasteiger partial charge in [0.05, 0.1) is 29.0 Å². The van der Waals surface area contributed by atoms with E-state index < -0.39 is 0 Å². The zero-order valence-electron chi connectivity index (χ0n) is 12.1. The van der Waals surface area contributed by atoms with E-state index in [1.54, 1.807) is 18.5 Å². The number of rotatable bonds is 2. The molecule has 0 saturated carbocycles. The van der Waals surface area contributed by atoms with Gasteiger partial charge in [0.25, 0.3) is 0 Å². The second-order valence-electron chi connectivity index (χ2n) is 5.56. The molecule has 4 rings (SSSR count). The first-order chi connectivity index (χ1) is 10.8. The van der Waals surface area contributed by atoms with Crippen molar-refractivity contribution in [1.29, 1.82) is 5.26 Å². The third-order valence-electron chi connectivity index (χ3n) is 4.23. The van der Waals surface area contributed by atoms with Crippen LogP contribution in [0.4, 0.5) is 5.69 Å². The maximum absolute atomic E-state index is 9.23. The Morgan fingerprint density at radius 3 is 3.00 bits per heavy atom. The molecule has 1 aromatic carbocycles. The standard InChI is InChI=1S/C17H15N5/c18-9-13-5-7-19-10-17(13)21-8-6-15(12-21)22-11-14-3-1-2-4-16(14)20-22/h1-5,7,10-11,15H,6,8,12H2. The largest absolute Gasteiger partial charge is 0.367 e. The van der Waals surface area contributed by atoms with Gasteiger partial charge < -0.3 is 4.90 Å². The van der Waals surface area contributed by atoms with E-state index in [-0.39, 0.29) is 0 Å². The number of benzene rings is 1. The molecule has 1 atom stereocenters. The Balaban J connectivity index is 1.61. The third-order valence-corrected chi connectivity index (χ3v) is 4.23. The Bertz CT molecular complexity index is 828. The number of hydrogen-bond donors (Lipinski definition) is 0. The van der Waals surface area contributed by atoms with Crippen molar-refractivity contribution in [2.45, 2.75) is 12.5 Å². The molecule has 1 unspecified atom stereocenters. The average molecular weight is 289 g/mol. The second kappa shape index (κ2) is 5.15. The van der Waals surface area contributed by atoms with Crippen molar-refractivity contribution in [2.75, 3.05) is 18.0 Å². The van der Waals surface area contributed by atoms with Crippen LogP contribution >= 0.6 is 0 Å². The maximum atomic E-state index is 9.23. The van der Waals surface area contributed by atoms with Crippen molar-refractivity contribution in [1.82, 2.24) is 14.8 Å². The lowest BCUT2D eigenvalue weighted by Gasteiger charge is -2.19. The summed E-state index contributed by atoms with van der Waals surface area (Å²) in [7, 11) is 0. The molecule has 0 bridgehead atoms. The fourth-order valence-electron chi connectivity index (χ4n) is 3.08. The van der Waals surface area contributed by atoms with Crippen LogP contribution in [-0.4, -0.2) is 27.9 Å². The van der Waals surface area contributed by atoms with Gasteiger partial charge in [-0.3, -0.25) is 9.67 Å². The Hall–Kier alpha value is -2.87. The zero-order valence-corrected chi connectivity index (χ0v) is 12.1. The molecule has 0 aliphatic carbocycles. The lowest BCUT2D eigenvalue weighted by Crippen LogP contribution is -2.22. The van der Waals surface area contributed by atoms with Crippen molar-refractivity contribution >= 4 is 16.6 Å². The first kappa shape index (κ1) is 12.8. The fraction of sp³-hybridized carbons (Fsp3) is 0.235. The van der Waals surface area contributed by atoms with Crippen LogP contribution in [0.15, 0.2) is 48.9 Å². The highest BCUT2D eigenvalue weighted by atomic mass is 15.3. The first-order valence-electron chi connectivity index (χ1n) is 7.38. The van der Waals surface area contributed by atoms with Crippen LogP contribution < -0.4 is 4.90 Å². The molecule has 5 heteroatoms. The van der Waals surface area contributed by atoms with Gasteiger partial charge in [-0.25, -0.2) is 0 Å². The van der Waals surface area contributed by atoms with Gasteiger partial charge in [0.15, 0.2) is 0 Å². The smallest absolute Gasteiger partial charge is 0.101 e. The van der Waals surface area contributed by atoms with Crippen LogP contribution in [0.3, 0.4) is 0 Å². The summed E-state index contributed by atoms with van der Waals surface area (Å²) in [5, 5.41) is 15.1. The molecule has 0 amide bonds. The quantitative estimate of drug-likeness (QED) is 0.728. The highest BCUT2D eigenvalue weighted by Gasteiger charge is 2.26. The van der Waals surface area contributed by atoms with Crippen LogP contribution in [-0.2, 0) is 0 Å². The van der Waals surface area contributed by atoms with Gasteiger partial charge in [0.1, 0.15) is 6.07 Å². The molecule has 5 nitrogen and oxygen atoms in total. The van der Waals surface area contributed by atoms with Gasteiger partial charge in [-0.2, -0.15) is 10.4 Å². The van der Waals surface area contributed by atoms with E-state index in [4.69, 9.17) is 0 Å². The highest BCUT2D eigenvalue weighted by Crippen LogP contribution is 2.29. The van der Waals surface area contributed by atoms with E-state index in [1.165, 1.54) is 5.39 Å². The Labute approximate surface area is 128 Å². The summed E-state index contributed by atoms with van der Waals surface area (Å²) in [4.78, 5) is 6.38. The van der Waals surface area contributed by atoms with E-state index in [9.17, 15) is 5.26 Å². The number of nitrogens with zero attached hydrogens (tertiary/aromatic N) is 5. The summed E-state index contributed by atoms with van der Waals surface area (Å²) >= 11 is 0. The molecule has 2 aromatic heterocycles. The van der Waals surface area contributed by atoms with Gasteiger partial charge in [0.2, 0.25) is 0 Å². The maximum Gasteiger partial charge on any atom is 0.101 e. The van der Waals surface area contributed by atoms with Gasteiger partial charge >= 0.3 is 0 Å². The van der Waals surface area contributed by atoms with Crippen molar-refractivity contribution in [3.63, 3.8) is 0 Å². The molecule has 1 aliphatic rings. The van der Waals surface area contributed by atoms with Gasteiger partial charge in [-0.15, -0.1) is 0 Å². The minimum atomic E-state index is 0.333. The minimum absolute atomic E-state index is 0.333. The number of fused-ring (bicyclic) bond motifs is 1. The molecule has 3 heterocycles. The predicted octanol–water partition coefficient (Wildman–Crippen LogP) is 2.75. The molecule has 1 saturated heterocycles. The Morgan fingerprint density at radius 2 is 2.14 bits per heavy atom. The topological polar surface area (TPSA) is 57.7 Å². The predicted molar refractivity (Wildman–Crippen MR) is 84.6 cm³/mol. The number of pyridine rings is 1. The van der Waals surface area contributed by atoms with Gasteiger partial charge in [-0.05, 0) is 18.6 Å². The average Bonchev–Trinajstić information content (AvgIpc) is 3.21. The SMILES string of the molecule is N#Cc1ccncc1N1CCC(n2cc3ccccc3n2)C1. The molecule has 0 N–H and O–H groups in total. The van der Waals surface area contributed by atoms with Crippen LogP contribution in [0.2, 0.25) is 0 Å². The lowest BCUT2D eigenvalue weighted by atomic mass is 10.2.